The highest BCUT2D eigenvalue weighted by atomic mass is 79.9. The number of aromatic nitrogens is 2. The van der Waals surface area contributed by atoms with Gasteiger partial charge in [0.15, 0.2) is 4.67 Å². The molecule has 0 aromatic carbocycles. The van der Waals surface area contributed by atoms with Gasteiger partial charge in [-0.1, -0.05) is 0 Å². The number of rotatable bonds is 2. The lowest BCUT2D eigenvalue weighted by Gasteiger charge is -1.96. The van der Waals surface area contributed by atoms with Gasteiger partial charge in [-0.2, -0.15) is 5.10 Å². The molecular formula is C9H9BrN2O. The summed E-state index contributed by atoms with van der Waals surface area (Å²) >= 11 is 3.25. The minimum Gasteiger partial charge on any atom is -0.452 e. The molecule has 0 aliphatic heterocycles. The van der Waals surface area contributed by atoms with Crippen LogP contribution < -0.4 is 0 Å². The molecule has 0 fully saturated rings. The molecule has 0 aliphatic rings. The number of furan rings is 1. The molecule has 0 spiro atoms. The van der Waals surface area contributed by atoms with Gasteiger partial charge in [0.25, 0.3) is 0 Å². The van der Waals surface area contributed by atoms with Gasteiger partial charge < -0.3 is 4.42 Å². The van der Waals surface area contributed by atoms with Crippen LogP contribution in [0.2, 0.25) is 0 Å². The minimum absolute atomic E-state index is 0.680. The van der Waals surface area contributed by atoms with Crippen LogP contribution >= 0.6 is 15.9 Å². The van der Waals surface area contributed by atoms with Gasteiger partial charge in [0.1, 0.15) is 5.76 Å². The summed E-state index contributed by atoms with van der Waals surface area (Å²) in [7, 11) is 0. The van der Waals surface area contributed by atoms with Crippen LogP contribution in [-0.4, -0.2) is 9.78 Å². The van der Waals surface area contributed by atoms with Crippen molar-refractivity contribution in [2.24, 2.45) is 0 Å². The number of halogens is 1. The average molecular weight is 241 g/mol. The highest BCUT2D eigenvalue weighted by Gasteiger charge is 2.00. The summed E-state index contributed by atoms with van der Waals surface area (Å²) in [5.74, 6) is 0.898. The first kappa shape index (κ1) is 8.56. The summed E-state index contributed by atoms with van der Waals surface area (Å²) in [6.07, 6.45) is 1.94. The van der Waals surface area contributed by atoms with Gasteiger partial charge in [-0.05, 0) is 41.1 Å². The van der Waals surface area contributed by atoms with Crippen LogP contribution in [0.15, 0.2) is 33.5 Å². The van der Waals surface area contributed by atoms with E-state index in [-0.39, 0.29) is 0 Å². The Hall–Kier alpha value is -1.03. The van der Waals surface area contributed by atoms with E-state index in [0.29, 0.717) is 6.54 Å². The van der Waals surface area contributed by atoms with E-state index in [1.165, 1.54) is 0 Å². The zero-order valence-electron chi connectivity index (χ0n) is 7.20. The van der Waals surface area contributed by atoms with Crippen LogP contribution in [-0.2, 0) is 6.54 Å². The molecule has 2 heterocycles. The first-order valence-electron chi connectivity index (χ1n) is 3.98. The lowest BCUT2D eigenvalue weighted by Crippen LogP contribution is -1.98. The third-order valence-corrected chi connectivity index (χ3v) is 2.15. The fraction of sp³-hybridized carbons (Fsp3) is 0.222. The molecule has 0 saturated carbocycles. The molecule has 0 saturated heterocycles. The fourth-order valence-electron chi connectivity index (χ4n) is 1.15. The van der Waals surface area contributed by atoms with E-state index in [1.807, 2.05) is 36.0 Å². The molecule has 0 atom stereocenters. The molecule has 2 aromatic heterocycles. The first-order chi connectivity index (χ1) is 6.24. The fourth-order valence-corrected chi connectivity index (χ4v) is 1.49. The normalized spacial score (nSPS) is 10.6. The second-order valence-corrected chi connectivity index (χ2v) is 3.64. The van der Waals surface area contributed by atoms with Crippen molar-refractivity contribution in [2.75, 3.05) is 0 Å². The van der Waals surface area contributed by atoms with Crippen LogP contribution in [0.1, 0.15) is 11.5 Å². The van der Waals surface area contributed by atoms with Gasteiger partial charge in [-0.15, -0.1) is 0 Å². The van der Waals surface area contributed by atoms with E-state index < -0.39 is 0 Å². The zero-order valence-corrected chi connectivity index (χ0v) is 8.78. The van der Waals surface area contributed by atoms with Gasteiger partial charge in [0, 0.05) is 6.20 Å². The lowest BCUT2D eigenvalue weighted by atomic mass is 10.4. The molecule has 0 aliphatic carbocycles. The van der Waals surface area contributed by atoms with Crippen molar-refractivity contribution >= 4 is 15.9 Å². The quantitative estimate of drug-likeness (QED) is 0.809. The molecule has 0 amide bonds. The first-order valence-corrected chi connectivity index (χ1v) is 4.77. The summed E-state index contributed by atoms with van der Waals surface area (Å²) in [6.45, 7) is 2.65. The van der Waals surface area contributed by atoms with Crippen molar-refractivity contribution in [3.63, 3.8) is 0 Å². The summed E-state index contributed by atoms with van der Waals surface area (Å²) in [4.78, 5) is 0. The predicted molar refractivity (Wildman–Crippen MR) is 52.5 cm³/mol. The third-order valence-electron chi connectivity index (χ3n) is 1.72. The van der Waals surface area contributed by atoms with Gasteiger partial charge >= 0.3 is 0 Å². The highest BCUT2D eigenvalue weighted by Crippen LogP contribution is 2.14. The van der Waals surface area contributed by atoms with E-state index in [9.17, 15) is 0 Å². The molecule has 0 unspecified atom stereocenters. The zero-order chi connectivity index (χ0) is 9.26. The molecule has 0 N–H and O–H groups in total. The minimum atomic E-state index is 0.680. The van der Waals surface area contributed by atoms with Gasteiger partial charge in [-0.3, -0.25) is 4.68 Å². The van der Waals surface area contributed by atoms with Crippen LogP contribution in [0.25, 0.3) is 0 Å². The monoisotopic (exact) mass is 240 g/mol. The summed E-state index contributed by atoms with van der Waals surface area (Å²) in [6, 6.07) is 5.78. The van der Waals surface area contributed by atoms with Gasteiger partial charge in [0.2, 0.25) is 0 Å². The van der Waals surface area contributed by atoms with Crippen molar-refractivity contribution in [2.45, 2.75) is 13.5 Å². The van der Waals surface area contributed by atoms with E-state index in [4.69, 9.17) is 4.42 Å². The van der Waals surface area contributed by atoms with Gasteiger partial charge in [-0.25, -0.2) is 0 Å². The average Bonchev–Trinajstić information content (AvgIpc) is 2.62. The molecular weight excluding hydrogens is 232 g/mol. The summed E-state index contributed by atoms with van der Waals surface area (Å²) in [5.41, 5.74) is 1.02. The topological polar surface area (TPSA) is 31.0 Å². The second-order valence-electron chi connectivity index (χ2n) is 2.86. The van der Waals surface area contributed by atoms with Crippen LogP contribution in [0.5, 0.6) is 0 Å². The number of nitrogens with zero attached hydrogens (tertiary/aromatic N) is 2. The van der Waals surface area contributed by atoms with E-state index in [2.05, 4.69) is 21.0 Å². The van der Waals surface area contributed by atoms with Crippen LogP contribution in [0, 0.1) is 6.92 Å². The Bertz CT molecular complexity index is 367. The second kappa shape index (κ2) is 3.38. The van der Waals surface area contributed by atoms with Crippen LogP contribution in [0.3, 0.4) is 0 Å². The lowest BCUT2D eigenvalue weighted by molar-refractivity contribution is 0.462. The predicted octanol–water partition coefficient (Wildman–Crippen LogP) is 2.60. The standard InChI is InChI=1S/C9H9BrN2O/c1-7-4-5-12(11-7)6-8-2-3-9(10)13-8/h2-5H,6H2,1H3. The Kier molecular flexibility index (Phi) is 2.22. The maximum absolute atomic E-state index is 5.35. The number of hydrogen-bond donors (Lipinski definition) is 0. The van der Waals surface area contributed by atoms with E-state index in [0.717, 1.165) is 16.1 Å². The molecule has 68 valence electrons. The molecule has 3 nitrogen and oxygen atoms in total. The van der Waals surface area contributed by atoms with Crippen LogP contribution in [0.4, 0.5) is 0 Å². The SMILES string of the molecule is Cc1ccn(Cc2ccc(Br)o2)n1. The smallest absolute Gasteiger partial charge is 0.169 e. The van der Waals surface area contributed by atoms with Gasteiger partial charge in [0.05, 0.1) is 12.2 Å². The maximum atomic E-state index is 5.35. The molecule has 0 radical (unpaired) electrons. The Morgan fingerprint density at radius 2 is 2.31 bits per heavy atom. The van der Waals surface area contributed by atoms with Crippen molar-refractivity contribution < 1.29 is 4.42 Å². The Balaban J connectivity index is 2.14. The largest absolute Gasteiger partial charge is 0.452 e. The summed E-state index contributed by atoms with van der Waals surface area (Å²) in [5, 5.41) is 4.26. The van der Waals surface area contributed by atoms with Crippen molar-refractivity contribution in [1.82, 2.24) is 9.78 Å². The van der Waals surface area contributed by atoms with E-state index >= 15 is 0 Å². The Labute approximate surface area is 84.5 Å². The number of hydrogen-bond acceptors (Lipinski definition) is 2. The van der Waals surface area contributed by atoms with Crippen molar-refractivity contribution in [3.05, 3.63) is 40.5 Å². The van der Waals surface area contributed by atoms with Crippen molar-refractivity contribution in [3.8, 4) is 0 Å². The molecule has 2 rings (SSSR count). The van der Waals surface area contributed by atoms with E-state index in [1.54, 1.807) is 0 Å². The Morgan fingerprint density at radius 3 is 2.85 bits per heavy atom. The highest BCUT2D eigenvalue weighted by molar-refractivity contribution is 9.10. The summed E-state index contributed by atoms with van der Waals surface area (Å²) < 4.78 is 7.96. The molecule has 0 bridgehead atoms. The molecule has 2 aromatic rings. The molecule has 13 heavy (non-hydrogen) atoms. The molecule has 4 heteroatoms. The maximum Gasteiger partial charge on any atom is 0.169 e. The Morgan fingerprint density at radius 1 is 1.46 bits per heavy atom. The number of aryl methyl sites for hydroxylation is 1. The third kappa shape index (κ3) is 2.01. The van der Waals surface area contributed by atoms with Crippen molar-refractivity contribution in [1.29, 1.82) is 0 Å².